The Labute approximate surface area is 109 Å². The Bertz CT molecular complexity index is 362. The number of hydrogen-bond donors (Lipinski definition) is 2. The minimum Gasteiger partial charge on any atom is -0.399 e. The number of aryl methyl sites for hydroxylation is 1. The van der Waals surface area contributed by atoms with Crippen molar-refractivity contribution >= 4 is 11.6 Å². The van der Waals surface area contributed by atoms with Gasteiger partial charge in [0, 0.05) is 25.7 Å². The van der Waals surface area contributed by atoms with Crippen LogP contribution in [0.15, 0.2) is 24.3 Å². The van der Waals surface area contributed by atoms with Crippen LogP contribution in [0.5, 0.6) is 0 Å². The molecule has 18 heavy (non-hydrogen) atoms. The second-order valence-electron chi connectivity index (χ2n) is 4.51. The summed E-state index contributed by atoms with van der Waals surface area (Å²) in [5.41, 5.74) is 7.53. The lowest BCUT2D eigenvalue weighted by molar-refractivity contribution is -0.129. The third-order valence-corrected chi connectivity index (χ3v) is 2.95. The molecular weight excluding hydrogens is 226 g/mol. The van der Waals surface area contributed by atoms with Crippen molar-refractivity contribution < 1.29 is 4.79 Å². The minimum atomic E-state index is 0.197. The maximum Gasteiger partial charge on any atom is 0.222 e. The Hall–Kier alpha value is -1.55. The molecule has 0 saturated heterocycles. The molecule has 0 aromatic heterocycles. The number of carbonyl (C=O) groups excluding carboxylic acids is 1. The predicted octanol–water partition coefficient (Wildman–Crippen LogP) is 1.27. The standard InChI is InChI=1S/C14H23N3O/c1-16-10-3-11-17(2)14(18)9-6-12-4-7-13(15)8-5-12/h4-5,7-8,16H,3,6,9-11,15H2,1-2H3. The Kier molecular flexibility index (Phi) is 6.22. The first kappa shape index (κ1) is 14.5. The normalized spacial score (nSPS) is 10.3. The Balaban J connectivity index is 2.29. The Morgan fingerprint density at radius 2 is 2.00 bits per heavy atom. The van der Waals surface area contributed by atoms with Crippen LogP contribution in [0.3, 0.4) is 0 Å². The van der Waals surface area contributed by atoms with Gasteiger partial charge in [0.25, 0.3) is 0 Å². The summed E-state index contributed by atoms with van der Waals surface area (Å²) in [5.74, 6) is 0.197. The van der Waals surface area contributed by atoms with E-state index in [4.69, 9.17) is 5.73 Å². The number of nitrogens with two attached hydrogens (primary N) is 1. The fourth-order valence-electron chi connectivity index (χ4n) is 1.74. The number of nitrogens with zero attached hydrogens (tertiary/aromatic N) is 1. The number of anilines is 1. The smallest absolute Gasteiger partial charge is 0.222 e. The second-order valence-corrected chi connectivity index (χ2v) is 4.51. The van der Waals surface area contributed by atoms with Crippen molar-refractivity contribution in [1.82, 2.24) is 10.2 Å². The van der Waals surface area contributed by atoms with Crippen LogP contribution in [0.2, 0.25) is 0 Å². The zero-order chi connectivity index (χ0) is 13.4. The van der Waals surface area contributed by atoms with Gasteiger partial charge in [-0.05, 0) is 44.1 Å². The molecule has 1 aromatic carbocycles. The van der Waals surface area contributed by atoms with Crippen LogP contribution in [0.4, 0.5) is 5.69 Å². The molecule has 0 fully saturated rings. The summed E-state index contributed by atoms with van der Waals surface area (Å²) in [6, 6.07) is 7.69. The van der Waals surface area contributed by atoms with Crippen LogP contribution >= 0.6 is 0 Å². The fraction of sp³-hybridized carbons (Fsp3) is 0.500. The summed E-state index contributed by atoms with van der Waals surface area (Å²) < 4.78 is 0. The lowest BCUT2D eigenvalue weighted by Crippen LogP contribution is -2.29. The van der Waals surface area contributed by atoms with Gasteiger partial charge in [-0.3, -0.25) is 4.79 Å². The zero-order valence-electron chi connectivity index (χ0n) is 11.3. The van der Waals surface area contributed by atoms with E-state index in [0.717, 1.165) is 37.2 Å². The van der Waals surface area contributed by atoms with E-state index >= 15 is 0 Å². The van der Waals surface area contributed by atoms with E-state index in [1.54, 1.807) is 4.90 Å². The third-order valence-electron chi connectivity index (χ3n) is 2.95. The highest BCUT2D eigenvalue weighted by molar-refractivity contribution is 5.76. The zero-order valence-corrected chi connectivity index (χ0v) is 11.3. The van der Waals surface area contributed by atoms with Crippen molar-refractivity contribution in [3.05, 3.63) is 29.8 Å². The number of rotatable bonds is 7. The Morgan fingerprint density at radius 3 is 2.61 bits per heavy atom. The van der Waals surface area contributed by atoms with E-state index in [1.165, 1.54) is 0 Å². The summed E-state index contributed by atoms with van der Waals surface area (Å²) in [4.78, 5) is 13.7. The van der Waals surface area contributed by atoms with Crippen molar-refractivity contribution in [3.63, 3.8) is 0 Å². The van der Waals surface area contributed by atoms with Crippen LogP contribution in [0, 0.1) is 0 Å². The van der Waals surface area contributed by atoms with Crippen LogP contribution in [-0.2, 0) is 11.2 Å². The topological polar surface area (TPSA) is 58.4 Å². The molecule has 0 unspecified atom stereocenters. The lowest BCUT2D eigenvalue weighted by Gasteiger charge is -2.17. The van der Waals surface area contributed by atoms with Crippen LogP contribution in [-0.4, -0.2) is 38.0 Å². The summed E-state index contributed by atoms with van der Waals surface area (Å²) in [6.07, 6.45) is 2.32. The van der Waals surface area contributed by atoms with Gasteiger partial charge in [-0.15, -0.1) is 0 Å². The molecule has 3 N–H and O–H groups in total. The van der Waals surface area contributed by atoms with Crippen molar-refractivity contribution in [3.8, 4) is 0 Å². The first-order valence-corrected chi connectivity index (χ1v) is 6.36. The molecule has 0 atom stereocenters. The molecule has 0 radical (unpaired) electrons. The molecule has 100 valence electrons. The number of amides is 1. The van der Waals surface area contributed by atoms with E-state index < -0.39 is 0 Å². The van der Waals surface area contributed by atoms with Gasteiger partial charge in [-0.2, -0.15) is 0 Å². The van der Waals surface area contributed by atoms with Gasteiger partial charge in [0.05, 0.1) is 0 Å². The van der Waals surface area contributed by atoms with Gasteiger partial charge in [0.15, 0.2) is 0 Å². The van der Waals surface area contributed by atoms with E-state index in [1.807, 2.05) is 38.4 Å². The van der Waals surface area contributed by atoms with Gasteiger partial charge in [-0.25, -0.2) is 0 Å². The Morgan fingerprint density at radius 1 is 1.33 bits per heavy atom. The van der Waals surface area contributed by atoms with Crippen molar-refractivity contribution in [2.45, 2.75) is 19.3 Å². The van der Waals surface area contributed by atoms with Crippen LogP contribution in [0.1, 0.15) is 18.4 Å². The molecule has 0 aliphatic carbocycles. The number of nitrogen functional groups attached to an aromatic ring is 1. The first-order valence-electron chi connectivity index (χ1n) is 6.36. The maximum atomic E-state index is 11.9. The number of benzene rings is 1. The largest absolute Gasteiger partial charge is 0.399 e. The molecule has 0 bridgehead atoms. The highest BCUT2D eigenvalue weighted by Crippen LogP contribution is 2.08. The monoisotopic (exact) mass is 249 g/mol. The van der Waals surface area contributed by atoms with Gasteiger partial charge in [0.1, 0.15) is 0 Å². The molecule has 4 nitrogen and oxygen atoms in total. The molecule has 0 aliphatic rings. The molecular formula is C14H23N3O. The van der Waals surface area contributed by atoms with Gasteiger partial charge < -0.3 is 16.0 Å². The van der Waals surface area contributed by atoms with Gasteiger partial charge in [-0.1, -0.05) is 12.1 Å². The second kappa shape index (κ2) is 7.71. The van der Waals surface area contributed by atoms with Crippen molar-refractivity contribution in [2.75, 3.05) is 32.9 Å². The average Bonchev–Trinajstić information content (AvgIpc) is 2.38. The predicted molar refractivity (Wildman–Crippen MR) is 75.4 cm³/mol. The molecule has 0 aliphatic heterocycles. The fourth-order valence-corrected chi connectivity index (χ4v) is 1.74. The number of hydrogen-bond acceptors (Lipinski definition) is 3. The third kappa shape index (κ3) is 5.19. The highest BCUT2D eigenvalue weighted by atomic mass is 16.2. The van der Waals surface area contributed by atoms with Crippen LogP contribution in [0.25, 0.3) is 0 Å². The highest BCUT2D eigenvalue weighted by Gasteiger charge is 2.08. The van der Waals surface area contributed by atoms with Gasteiger partial charge in [0.2, 0.25) is 5.91 Å². The van der Waals surface area contributed by atoms with Crippen LogP contribution < -0.4 is 11.1 Å². The summed E-state index contributed by atoms with van der Waals surface area (Å²) in [5, 5.41) is 3.08. The van der Waals surface area contributed by atoms with E-state index in [2.05, 4.69) is 5.32 Å². The molecule has 0 heterocycles. The molecule has 4 heteroatoms. The minimum absolute atomic E-state index is 0.197. The molecule has 1 amide bonds. The molecule has 1 rings (SSSR count). The number of nitrogens with one attached hydrogen (secondary N) is 1. The van der Waals surface area contributed by atoms with E-state index in [9.17, 15) is 4.79 Å². The SMILES string of the molecule is CNCCCN(C)C(=O)CCc1ccc(N)cc1. The molecule has 0 spiro atoms. The lowest BCUT2D eigenvalue weighted by atomic mass is 10.1. The molecule has 1 aromatic rings. The first-order chi connectivity index (χ1) is 8.63. The van der Waals surface area contributed by atoms with Crippen molar-refractivity contribution in [1.29, 1.82) is 0 Å². The molecule has 0 saturated carbocycles. The van der Waals surface area contributed by atoms with E-state index in [-0.39, 0.29) is 5.91 Å². The summed E-state index contributed by atoms with van der Waals surface area (Å²) >= 11 is 0. The van der Waals surface area contributed by atoms with Crippen molar-refractivity contribution in [2.24, 2.45) is 0 Å². The van der Waals surface area contributed by atoms with Gasteiger partial charge >= 0.3 is 0 Å². The average molecular weight is 249 g/mol. The summed E-state index contributed by atoms with van der Waals surface area (Å²) in [7, 11) is 3.78. The maximum absolute atomic E-state index is 11.9. The summed E-state index contributed by atoms with van der Waals surface area (Å²) in [6.45, 7) is 1.75. The van der Waals surface area contributed by atoms with E-state index in [0.29, 0.717) is 6.42 Å². The quantitative estimate of drug-likeness (QED) is 0.565. The number of carbonyl (C=O) groups is 1.